The van der Waals surface area contributed by atoms with Crippen LogP contribution in [0.25, 0.3) is 0 Å². The lowest BCUT2D eigenvalue weighted by molar-refractivity contribution is 0.536. The van der Waals surface area contributed by atoms with E-state index < -0.39 is 0 Å². The Morgan fingerprint density at radius 2 is 0.862 bits per heavy atom. The van der Waals surface area contributed by atoms with E-state index in [0.29, 0.717) is 11.8 Å². The third-order valence-electron chi connectivity index (χ3n) is 5.77. The van der Waals surface area contributed by atoms with Crippen LogP contribution in [0.1, 0.15) is 46.9 Å². The van der Waals surface area contributed by atoms with Crippen molar-refractivity contribution in [1.82, 2.24) is 0 Å². The molecule has 144 valence electrons. The van der Waals surface area contributed by atoms with Crippen molar-refractivity contribution in [3.05, 3.63) is 144 Å². The van der Waals surface area contributed by atoms with Crippen LogP contribution in [0.5, 0.6) is 0 Å². The van der Waals surface area contributed by atoms with Gasteiger partial charge in [-0.25, -0.2) is 0 Å². The minimum atomic E-state index is 0.357. The van der Waals surface area contributed by atoms with Crippen LogP contribution in [0, 0.1) is 0 Å². The molecule has 0 spiro atoms. The minimum absolute atomic E-state index is 0.357. The van der Waals surface area contributed by atoms with E-state index in [0.717, 1.165) is 12.8 Å². The second-order valence-corrected chi connectivity index (χ2v) is 7.69. The molecular formula is C29H28. The summed E-state index contributed by atoms with van der Waals surface area (Å²) in [6.07, 6.45) is 3.47. The summed E-state index contributed by atoms with van der Waals surface area (Å²) >= 11 is 0. The molecule has 4 aromatic carbocycles. The maximum absolute atomic E-state index is 2.30. The fourth-order valence-electron chi connectivity index (χ4n) is 4.37. The molecule has 0 saturated carbocycles. The molecule has 0 heteroatoms. The standard InChI is InChI=1S/C29H28/c1-5-14-24(15-6-1)16-13-23-28(25-17-7-2-8-18-25)29(26-19-9-3-10-20-26)27-21-11-4-12-22-27/h1-12,14-15,17-22,28-29H,13,16,23H2. The summed E-state index contributed by atoms with van der Waals surface area (Å²) in [4.78, 5) is 0. The van der Waals surface area contributed by atoms with E-state index in [1.54, 1.807) is 0 Å². The predicted octanol–water partition coefficient (Wildman–Crippen LogP) is 7.63. The van der Waals surface area contributed by atoms with Crippen LogP contribution in [-0.4, -0.2) is 0 Å². The van der Waals surface area contributed by atoms with Crippen molar-refractivity contribution in [2.45, 2.75) is 31.1 Å². The molecule has 29 heavy (non-hydrogen) atoms. The normalized spacial score (nSPS) is 12.0. The smallest absolute Gasteiger partial charge is 0.0158 e. The number of aryl methyl sites for hydroxylation is 1. The number of rotatable bonds is 8. The van der Waals surface area contributed by atoms with Gasteiger partial charge in [-0.1, -0.05) is 121 Å². The van der Waals surface area contributed by atoms with Gasteiger partial charge in [0.2, 0.25) is 0 Å². The summed E-state index contributed by atoms with van der Waals surface area (Å²) in [5, 5.41) is 0. The molecule has 0 N–H and O–H groups in total. The van der Waals surface area contributed by atoms with Crippen molar-refractivity contribution in [1.29, 1.82) is 0 Å². The van der Waals surface area contributed by atoms with Crippen molar-refractivity contribution >= 4 is 0 Å². The van der Waals surface area contributed by atoms with Gasteiger partial charge in [0.25, 0.3) is 0 Å². The summed E-state index contributed by atoms with van der Waals surface area (Å²) < 4.78 is 0. The molecule has 0 nitrogen and oxygen atoms in total. The Bertz CT molecular complexity index is 920. The summed E-state index contributed by atoms with van der Waals surface area (Å²) in [6, 6.07) is 43.9. The quantitative estimate of drug-likeness (QED) is 0.296. The van der Waals surface area contributed by atoms with E-state index >= 15 is 0 Å². The fourth-order valence-corrected chi connectivity index (χ4v) is 4.37. The van der Waals surface area contributed by atoms with E-state index in [9.17, 15) is 0 Å². The largest absolute Gasteiger partial charge is 0.0622 e. The van der Waals surface area contributed by atoms with Gasteiger partial charge in [0.15, 0.2) is 0 Å². The molecule has 4 rings (SSSR count). The van der Waals surface area contributed by atoms with E-state index in [4.69, 9.17) is 0 Å². The first kappa shape index (κ1) is 19.2. The minimum Gasteiger partial charge on any atom is -0.0622 e. The first-order chi connectivity index (χ1) is 14.4. The summed E-state index contributed by atoms with van der Waals surface area (Å²) in [7, 11) is 0. The number of hydrogen-bond donors (Lipinski definition) is 0. The van der Waals surface area contributed by atoms with Crippen molar-refractivity contribution in [3.63, 3.8) is 0 Å². The lowest BCUT2D eigenvalue weighted by Gasteiger charge is -2.29. The van der Waals surface area contributed by atoms with Gasteiger partial charge >= 0.3 is 0 Å². The number of benzene rings is 4. The van der Waals surface area contributed by atoms with Crippen molar-refractivity contribution in [2.24, 2.45) is 0 Å². The van der Waals surface area contributed by atoms with Crippen LogP contribution >= 0.6 is 0 Å². The van der Waals surface area contributed by atoms with Gasteiger partial charge in [-0.15, -0.1) is 0 Å². The molecule has 0 amide bonds. The molecule has 0 aromatic heterocycles. The Morgan fingerprint density at radius 3 is 1.34 bits per heavy atom. The number of hydrogen-bond acceptors (Lipinski definition) is 0. The zero-order valence-electron chi connectivity index (χ0n) is 16.8. The molecule has 0 radical (unpaired) electrons. The van der Waals surface area contributed by atoms with Gasteiger partial charge < -0.3 is 0 Å². The monoisotopic (exact) mass is 376 g/mol. The molecule has 0 aliphatic heterocycles. The lowest BCUT2D eigenvalue weighted by Crippen LogP contribution is -2.14. The summed E-state index contributed by atoms with van der Waals surface area (Å²) in [5.74, 6) is 0.806. The highest BCUT2D eigenvalue weighted by molar-refractivity contribution is 5.38. The van der Waals surface area contributed by atoms with Crippen LogP contribution < -0.4 is 0 Å². The van der Waals surface area contributed by atoms with Gasteiger partial charge in [-0.3, -0.25) is 0 Å². The Balaban J connectivity index is 1.67. The SMILES string of the molecule is c1ccc(CCCC(c2ccccc2)C(c2ccccc2)c2ccccc2)cc1. The zero-order valence-corrected chi connectivity index (χ0v) is 16.8. The zero-order chi connectivity index (χ0) is 19.7. The topological polar surface area (TPSA) is 0 Å². The highest BCUT2D eigenvalue weighted by atomic mass is 14.3. The van der Waals surface area contributed by atoms with Crippen LogP contribution in [0.3, 0.4) is 0 Å². The van der Waals surface area contributed by atoms with Gasteiger partial charge in [0, 0.05) is 5.92 Å². The lowest BCUT2D eigenvalue weighted by atomic mass is 9.75. The molecule has 4 aromatic rings. The second-order valence-electron chi connectivity index (χ2n) is 7.69. The Morgan fingerprint density at radius 1 is 0.448 bits per heavy atom. The van der Waals surface area contributed by atoms with Crippen molar-refractivity contribution < 1.29 is 0 Å². The van der Waals surface area contributed by atoms with Crippen molar-refractivity contribution in [2.75, 3.05) is 0 Å². The van der Waals surface area contributed by atoms with E-state index in [-0.39, 0.29) is 0 Å². The summed E-state index contributed by atoms with van der Waals surface area (Å²) in [6.45, 7) is 0. The highest BCUT2D eigenvalue weighted by Gasteiger charge is 2.26. The molecule has 0 aliphatic rings. The average Bonchev–Trinajstić information content (AvgIpc) is 2.81. The van der Waals surface area contributed by atoms with Crippen LogP contribution in [0.15, 0.2) is 121 Å². The maximum atomic E-state index is 2.30. The van der Waals surface area contributed by atoms with Crippen LogP contribution in [0.4, 0.5) is 0 Å². The molecule has 0 saturated heterocycles. The Hall–Kier alpha value is -3.12. The van der Waals surface area contributed by atoms with E-state index in [1.807, 2.05) is 0 Å². The van der Waals surface area contributed by atoms with Gasteiger partial charge in [-0.05, 0) is 47.4 Å². The maximum Gasteiger partial charge on any atom is 0.0158 e. The summed E-state index contributed by atoms with van der Waals surface area (Å²) in [5.41, 5.74) is 5.65. The third kappa shape index (κ3) is 5.03. The molecule has 0 heterocycles. The van der Waals surface area contributed by atoms with Crippen LogP contribution in [0.2, 0.25) is 0 Å². The van der Waals surface area contributed by atoms with Crippen molar-refractivity contribution in [3.8, 4) is 0 Å². The molecule has 1 unspecified atom stereocenters. The first-order valence-corrected chi connectivity index (χ1v) is 10.6. The Kier molecular flexibility index (Phi) is 6.55. The highest BCUT2D eigenvalue weighted by Crippen LogP contribution is 2.41. The first-order valence-electron chi connectivity index (χ1n) is 10.6. The average molecular weight is 377 g/mol. The Labute approximate surface area is 174 Å². The molecule has 0 bridgehead atoms. The van der Waals surface area contributed by atoms with Crippen LogP contribution in [-0.2, 0) is 6.42 Å². The molecule has 0 aliphatic carbocycles. The van der Waals surface area contributed by atoms with Gasteiger partial charge in [-0.2, -0.15) is 0 Å². The predicted molar refractivity (Wildman–Crippen MR) is 123 cm³/mol. The second kappa shape index (κ2) is 9.89. The van der Waals surface area contributed by atoms with Gasteiger partial charge in [0.1, 0.15) is 0 Å². The van der Waals surface area contributed by atoms with E-state index in [2.05, 4.69) is 121 Å². The third-order valence-corrected chi connectivity index (χ3v) is 5.77. The molecule has 1 atom stereocenters. The molecule has 0 fully saturated rings. The fraction of sp³-hybridized carbons (Fsp3) is 0.172. The van der Waals surface area contributed by atoms with E-state index in [1.165, 1.54) is 28.7 Å². The van der Waals surface area contributed by atoms with Gasteiger partial charge in [0.05, 0.1) is 0 Å². The molecular weight excluding hydrogens is 348 g/mol.